The molecule has 2 rings (SSSR count). The SMILES string of the molecule is C=C(NC)c1ccc(C2(C#N)OC(CCC(=O)C(N)C(C)C)C[C@H]2O)n1/N=C\C. The van der Waals surface area contributed by atoms with E-state index in [0.29, 0.717) is 23.5 Å². The minimum absolute atomic E-state index is 0.0425. The Morgan fingerprint density at radius 3 is 2.86 bits per heavy atom. The van der Waals surface area contributed by atoms with Gasteiger partial charge in [0.05, 0.1) is 29.2 Å². The summed E-state index contributed by atoms with van der Waals surface area (Å²) >= 11 is 0. The van der Waals surface area contributed by atoms with Gasteiger partial charge in [-0.15, -0.1) is 0 Å². The first-order valence-electron chi connectivity index (χ1n) is 9.85. The maximum absolute atomic E-state index is 12.2. The third-order valence-electron chi connectivity index (χ3n) is 5.35. The second-order valence-electron chi connectivity index (χ2n) is 7.63. The molecule has 8 nitrogen and oxygen atoms in total. The van der Waals surface area contributed by atoms with E-state index >= 15 is 0 Å². The smallest absolute Gasteiger partial charge is 0.222 e. The number of nitrogens with zero attached hydrogens (tertiary/aromatic N) is 3. The molecule has 0 bridgehead atoms. The number of nitriles is 1. The molecule has 3 unspecified atom stereocenters. The molecular formula is C21H31N5O3. The van der Waals surface area contributed by atoms with Crippen molar-refractivity contribution in [1.29, 1.82) is 5.26 Å². The molecule has 2 heterocycles. The maximum atomic E-state index is 12.2. The molecule has 158 valence electrons. The van der Waals surface area contributed by atoms with Crippen molar-refractivity contribution in [2.45, 2.75) is 63.9 Å². The number of aliphatic hydroxyl groups excluding tert-OH is 1. The number of Topliss-reactive ketones (excluding diaryl/α,β-unsaturated/α-hetero) is 1. The number of nitrogens with one attached hydrogen (secondary N) is 1. The van der Waals surface area contributed by atoms with Gasteiger partial charge >= 0.3 is 0 Å². The summed E-state index contributed by atoms with van der Waals surface area (Å²) in [5.74, 6) is 0.0174. The molecule has 4 N–H and O–H groups in total. The lowest BCUT2D eigenvalue weighted by molar-refractivity contribution is -0.122. The zero-order chi connectivity index (χ0) is 21.8. The Morgan fingerprint density at radius 2 is 2.31 bits per heavy atom. The van der Waals surface area contributed by atoms with Crippen LogP contribution in [-0.2, 0) is 15.1 Å². The van der Waals surface area contributed by atoms with Crippen LogP contribution in [-0.4, -0.2) is 47.1 Å². The Morgan fingerprint density at radius 1 is 1.62 bits per heavy atom. The fraction of sp³-hybridized carbons (Fsp3) is 0.571. The van der Waals surface area contributed by atoms with Gasteiger partial charge in [0.1, 0.15) is 18.0 Å². The Kier molecular flexibility index (Phi) is 7.36. The summed E-state index contributed by atoms with van der Waals surface area (Å²) in [7, 11) is 1.74. The first-order chi connectivity index (χ1) is 13.7. The molecule has 1 aliphatic heterocycles. The largest absolute Gasteiger partial charge is 0.388 e. The van der Waals surface area contributed by atoms with Crippen LogP contribution in [0.1, 0.15) is 51.4 Å². The molecule has 1 aliphatic rings. The van der Waals surface area contributed by atoms with E-state index in [9.17, 15) is 15.2 Å². The highest BCUT2D eigenvalue weighted by Crippen LogP contribution is 2.41. The number of ether oxygens (including phenoxy) is 1. The van der Waals surface area contributed by atoms with Crippen molar-refractivity contribution in [3.8, 4) is 6.07 Å². The number of carbonyl (C=O) groups excluding carboxylic acids is 1. The first-order valence-corrected chi connectivity index (χ1v) is 9.85. The van der Waals surface area contributed by atoms with E-state index in [0.717, 1.165) is 0 Å². The van der Waals surface area contributed by atoms with Crippen molar-refractivity contribution >= 4 is 17.7 Å². The number of hydrogen-bond donors (Lipinski definition) is 3. The monoisotopic (exact) mass is 401 g/mol. The van der Waals surface area contributed by atoms with Crippen LogP contribution in [0.25, 0.3) is 5.70 Å². The van der Waals surface area contributed by atoms with Crippen LogP contribution in [0.15, 0.2) is 23.8 Å². The van der Waals surface area contributed by atoms with Gasteiger partial charge in [0.25, 0.3) is 0 Å². The van der Waals surface area contributed by atoms with Gasteiger partial charge in [-0.05, 0) is 31.4 Å². The molecule has 0 radical (unpaired) electrons. The highest BCUT2D eigenvalue weighted by molar-refractivity contribution is 5.84. The summed E-state index contributed by atoms with van der Waals surface area (Å²) in [4.78, 5) is 12.2. The second-order valence-corrected chi connectivity index (χ2v) is 7.63. The van der Waals surface area contributed by atoms with E-state index in [1.165, 1.54) is 0 Å². The lowest BCUT2D eigenvalue weighted by atomic mass is 9.93. The highest BCUT2D eigenvalue weighted by atomic mass is 16.5. The number of carbonyl (C=O) groups is 1. The first kappa shape index (κ1) is 22.8. The third-order valence-corrected chi connectivity index (χ3v) is 5.35. The molecule has 8 heteroatoms. The number of rotatable bonds is 9. The van der Waals surface area contributed by atoms with Crippen LogP contribution in [0.2, 0.25) is 0 Å². The van der Waals surface area contributed by atoms with Gasteiger partial charge in [-0.1, -0.05) is 20.4 Å². The molecule has 0 aromatic carbocycles. The van der Waals surface area contributed by atoms with Crippen molar-refractivity contribution in [3.05, 3.63) is 30.1 Å². The third kappa shape index (κ3) is 4.42. The number of aromatic nitrogens is 1. The van der Waals surface area contributed by atoms with Gasteiger partial charge in [-0.3, -0.25) is 4.79 Å². The Balaban J connectivity index is 2.28. The summed E-state index contributed by atoms with van der Waals surface area (Å²) < 4.78 is 7.60. The predicted octanol–water partition coefficient (Wildman–Crippen LogP) is 1.73. The molecule has 1 saturated heterocycles. The van der Waals surface area contributed by atoms with Crippen molar-refractivity contribution in [3.63, 3.8) is 0 Å². The standard InChI is InChI=1S/C21H31N5O3/c1-6-25-26-16(14(4)24-5)8-10-18(26)21(12-22)19(28)11-15(29-21)7-9-17(27)20(23)13(2)3/h6,8,10,13,15,19-20,24,28H,4,7,9,11,23H2,1-3,5H3/b25-6-/t15?,19-,20?,21?/m1/s1. The average Bonchev–Trinajstić information content (AvgIpc) is 3.26. The van der Waals surface area contributed by atoms with E-state index in [1.807, 2.05) is 13.8 Å². The zero-order valence-corrected chi connectivity index (χ0v) is 17.6. The van der Waals surface area contributed by atoms with Gasteiger partial charge in [0.2, 0.25) is 5.60 Å². The molecule has 0 aliphatic carbocycles. The van der Waals surface area contributed by atoms with Crippen LogP contribution >= 0.6 is 0 Å². The molecule has 1 aromatic heterocycles. The van der Waals surface area contributed by atoms with Crippen LogP contribution < -0.4 is 11.1 Å². The van der Waals surface area contributed by atoms with Crippen LogP contribution in [0.3, 0.4) is 0 Å². The number of nitrogens with two attached hydrogens (primary N) is 1. The number of aliphatic hydroxyl groups is 1. The minimum Gasteiger partial charge on any atom is -0.388 e. The molecule has 1 fully saturated rings. The average molecular weight is 402 g/mol. The quantitative estimate of drug-likeness (QED) is 0.541. The molecule has 0 amide bonds. The van der Waals surface area contributed by atoms with E-state index in [-0.39, 0.29) is 24.5 Å². The Labute approximate surface area is 172 Å². The fourth-order valence-corrected chi connectivity index (χ4v) is 3.52. The molecule has 4 atom stereocenters. The number of ketones is 1. The lowest BCUT2D eigenvalue weighted by Gasteiger charge is -2.26. The van der Waals surface area contributed by atoms with E-state index in [2.05, 4.69) is 23.1 Å². The minimum atomic E-state index is -1.58. The zero-order valence-electron chi connectivity index (χ0n) is 17.6. The summed E-state index contributed by atoms with van der Waals surface area (Å²) in [5.41, 5.74) is 6.04. The maximum Gasteiger partial charge on any atom is 0.222 e. The van der Waals surface area contributed by atoms with Gasteiger partial charge in [-0.25, -0.2) is 4.68 Å². The summed E-state index contributed by atoms with van der Waals surface area (Å²) in [6.45, 7) is 9.51. The fourth-order valence-electron chi connectivity index (χ4n) is 3.52. The van der Waals surface area contributed by atoms with Crippen LogP contribution in [0.4, 0.5) is 0 Å². The van der Waals surface area contributed by atoms with E-state index < -0.39 is 23.9 Å². The Hall–Kier alpha value is -2.47. The van der Waals surface area contributed by atoms with Gasteiger partial charge in [-0.2, -0.15) is 10.4 Å². The van der Waals surface area contributed by atoms with Crippen LogP contribution in [0, 0.1) is 17.2 Å². The molecule has 0 spiro atoms. The second kappa shape index (κ2) is 9.35. The summed E-state index contributed by atoms with van der Waals surface area (Å²) in [5, 5.41) is 28.0. The van der Waals surface area contributed by atoms with Gasteiger partial charge in [0.15, 0.2) is 0 Å². The molecule has 0 saturated carbocycles. The number of hydrogen-bond acceptors (Lipinski definition) is 7. The Bertz CT molecular complexity index is 823. The summed E-state index contributed by atoms with van der Waals surface area (Å²) in [6.07, 6.45) is 0.995. The van der Waals surface area contributed by atoms with Gasteiger partial charge in [0, 0.05) is 26.1 Å². The molecule has 1 aromatic rings. The normalized spacial score (nSPS) is 25.3. The van der Waals surface area contributed by atoms with E-state index in [1.54, 1.807) is 37.0 Å². The van der Waals surface area contributed by atoms with E-state index in [4.69, 9.17) is 10.5 Å². The summed E-state index contributed by atoms with van der Waals surface area (Å²) in [6, 6.07) is 5.10. The van der Waals surface area contributed by atoms with Crippen molar-refractivity contribution in [2.24, 2.45) is 16.8 Å². The highest BCUT2D eigenvalue weighted by Gasteiger charge is 2.52. The van der Waals surface area contributed by atoms with Crippen LogP contribution in [0.5, 0.6) is 0 Å². The van der Waals surface area contributed by atoms with Crippen molar-refractivity contribution in [2.75, 3.05) is 7.05 Å². The molecular weight excluding hydrogens is 370 g/mol. The topological polar surface area (TPSA) is 126 Å². The molecule has 29 heavy (non-hydrogen) atoms. The van der Waals surface area contributed by atoms with Gasteiger partial charge < -0.3 is 20.9 Å². The van der Waals surface area contributed by atoms with Crippen molar-refractivity contribution < 1.29 is 14.6 Å². The van der Waals surface area contributed by atoms with Crippen molar-refractivity contribution in [1.82, 2.24) is 9.99 Å². The lowest BCUT2D eigenvalue weighted by Crippen LogP contribution is -2.37. The predicted molar refractivity (Wildman–Crippen MR) is 112 cm³/mol.